The fourth-order valence-electron chi connectivity index (χ4n) is 4.81. The van der Waals surface area contributed by atoms with Crippen molar-refractivity contribution in [2.24, 2.45) is 0 Å². The van der Waals surface area contributed by atoms with Crippen molar-refractivity contribution in [1.29, 1.82) is 0 Å². The number of rotatable bonds is 7. The Labute approximate surface area is 197 Å². The zero-order chi connectivity index (χ0) is 24.1. The summed E-state index contributed by atoms with van der Waals surface area (Å²) in [6.45, 7) is 3.56. The van der Waals surface area contributed by atoms with E-state index in [4.69, 9.17) is 9.15 Å². The summed E-state index contributed by atoms with van der Waals surface area (Å²) in [5.41, 5.74) is 0.181. The highest BCUT2D eigenvalue weighted by Gasteiger charge is 2.32. The number of ether oxygens (including phenoxy) is 1. The molecule has 0 radical (unpaired) electrons. The lowest BCUT2D eigenvalue weighted by molar-refractivity contribution is -0.137. The Morgan fingerprint density at radius 3 is 2.59 bits per heavy atom. The topological polar surface area (TPSA) is 79.6 Å². The van der Waals surface area contributed by atoms with Gasteiger partial charge in [-0.25, -0.2) is 9.78 Å². The maximum absolute atomic E-state index is 12.9. The molecule has 10 heteroatoms. The molecule has 7 nitrogen and oxygen atoms in total. The number of halogens is 3. The van der Waals surface area contributed by atoms with E-state index in [2.05, 4.69) is 20.5 Å². The molecule has 0 amide bonds. The summed E-state index contributed by atoms with van der Waals surface area (Å²) in [4.78, 5) is 18.2. The van der Waals surface area contributed by atoms with Gasteiger partial charge in [0.05, 0.1) is 18.4 Å². The second kappa shape index (κ2) is 10.7. The molecule has 2 aromatic rings. The summed E-state index contributed by atoms with van der Waals surface area (Å²) in [6, 6.07) is 6.23. The molecule has 3 atom stereocenters. The Morgan fingerprint density at radius 1 is 1.15 bits per heavy atom. The van der Waals surface area contributed by atoms with E-state index in [-0.39, 0.29) is 30.5 Å². The van der Waals surface area contributed by atoms with E-state index in [1.807, 2.05) is 0 Å². The number of esters is 1. The monoisotopic (exact) mass is 480 g/mol. The van der Waals surface area contributed by atoms with Crippen molar-refractivity contribution in [1.82, 2.24) is 10.3 Å². The number of piperidine rings is 1. The Balaban J connectivity index is 1.36. The summed E-state index contributed by atoms with van der Waals surface area (Å²) in [5, 5.41) is 7.10. The van der Waals surface area contributed by atoms with Gasteiger partial charge in [0.2, 0.25) is 5.76 Å². The highest BCUT2D eigenvalue weighted by atomic mass is 19.4. The molecular weight excluding hydrogens is 449 g/mol. The van der Waals surface area contributed by atoms with E-state index in [9.17, 15) is 18.0 Å². The fourth-order valence-corrected chi connectivity index (χ4v) is 4.81. The summed E-state index contributed by atoms with van der Waals surface area (Å²) in [7, 11) is 0. The van der Waals surface area contributed by atoms with Crippen LogP contribution in [0.3, 0.4) is 0 Å². The Bertz CT molecular complexity index is 948. The number of hydrogen-bond donors (Lipinski definition) is 2. The van der Waals surface area contributed by atoms with E-state index in [1.165, 1.54) is 6.20 Å². The molecule has 2 fully saturated rings. The second-order valence-electron chi connectivity index (χ2n) is 8.89. The number of nitrogens with one attached hydrogen (secondary N) is 2. The molecule has 2 N–H and O–H groups in total. The van der Waals surface area contributed by atoms with Crippen LogP contribution in [0.15, 0.2) is 34.9 Å². The number of carbonyl (C=O) groups is 1. The van der Waals surface area contributed by atoms with Crippen molar-refractivity contribution < 1.29 is 27.1 Å². The van der Waals surface area contributed by atoms with Crippen LogP contribution in [0, 0.1) is 0 Å². The molecule has 1 aromatic carbocycles. The number of aromatic nitrogens is 1. The van der Waals surface area contributed by atoms with E-state index in [1.54, 1.807) is 19.1 Å². The van der Waals surface area contributed by atoms with E-state index < -0.39 is 17.7 Å². The Kier molecular flexibility index (Phi) is 7.65. The average molecular weight is 481 g/mol. The van der Waals surface area contributed by atoms with Crippen LogP contribution in [0.5, 0.6) is 0 Å². The number of oxazole rings is 1. The van der Waals surface area contributed by atoms with Crippen molar-refractivity contribution in [3.63, 3.8) is 0 Å². The molecule has 1 aliphatic heterocycles. The number of hydrogen-bond acceptors (Lipinski definition) is 7. The third kappa shape index (κ3) is 6.02. The number of benzene rings is 1. The molecule has 4 rings (SSSR count). The summed E-state index contributed by atoms with van der Waals surface area (Å²) in [5.74, 6) is -0.462. The molecule has 0 spiro atoms. The van der Waals surface area contributed by atoms with Gasteiger partial charge in [0.1, 0.15) is 0 Å². The van der Waals surface area contributed by atoms with Gasteiger partial charge in [-0.1, -0.05) is 12.8 Å². The molecular formula is C24H31F3N4O3. The third-order valence-electron chi connectivity index (χ3n) is 6.49. The highest BCUT2D eigenvalue weighted by molar-refractivity contribution is 5.86. The van der Waals surface area contributed by atoms with Gasteiger partial charge < -0.3 is 24.7 Å². The maximum Gasteiger partial charge on any atom is 0.416 e. The largest absolute Gasteiger partial charge is 0.460 e. The van der Waals surface area contributed by atoms with Gasteiger partial charge in [0, 0.05) is 36.9 Å². The van der Waals surface area contributed by atoms with Crippen molar-refractivity contribution in [2.45, 2.75) is 69.8 Å². The van der Waals surface area contributed by atoms with Gasteiger partial charge in [-0.15, -0.1) is 0 Å². The van der Waals surface area contributed by atoms with Gasteiger partial charge in [-0.3, -0.25) is 0 Å². The summed E-state index contributed by atoms with van der Waals surface area (Å²) < 4.78 is 49.2. The Hall–Kier alpha value is -2.75. The molecule has 1 aliphatic carbocycles. The zero-order valence-electron chi connectivity index (χ0n) is 19.2. The fraction of sp³-hybridized carbons (Fsp3) is 0.583. The highest BCUT2D eigenvalue weighted by Crippen LogP contribution is 2.31. The number of carbonyl (C=O) groups excluding carboxylic acids is 1. The van der Waals surface area contributed by atoms with Gasteiger partial charge in [-0.2, -0.15) is 13.2 Å². The van der Waals surface area contributed by atoms with Crippen LogP contribution >= 0.6 is 0 Å². The first-order valence-corrected chi connectivity index (χ1v) is 11.9. The smallest absolute Gasteiger partial charge is 0.416 e. The van der Waals surface area contributed by atoms with Crippen LogP contribution in [-0.4, -0.2) is 48.8 Å². The first kappa shape index (κ1) is 24.4. The van der Waals surface area contributed by atoms with Gasteiger partial charge >= 0.3 is 12.1 Å². The lowest BCUT2D eigenvalue weighted by Crippen LogP contribution is -2.54. The van der Waals surface area contributed by atoms with Crippen LogP contribution in [0.25, 0.3) is 0 Å². The number of alkyl halides is 3. The normalized spacial score (nSPS) is 23.5. The van der Waals surface area contributed by atoms with E-state index in [0.717, 1.165) is 69.4 Å². The van der Waals surface area contributed by atoms with Crippen molar-refractivity contribution >= 4 is 17.7 Å². The van der Waals surface area contributed by atoms with Crippen LogP contribution in [0.1, 0.15) is 61.6 Å². The SMILES string of the molecule is CCOC(=O)c1cnc(N[C@@H]2CCCC[C@H]2NC2CCCN(c3ccc(C(F)(F)F)cc3)C2)o1. The van der Waals surface area contributed by atoms with Crippen LogP contribution in [0.4, 0.5) is 24.9 Å². The first-order valence-electron chi connectivity index (χ1n) is 11.9. The predicted octanol–water partition coefficient (Wildman–Crippen LogP) is 4.85. The van der Waals surface area contributed by atoms with Crippen LogP contribution in [0.2, 0.25) is 0 Å². The molecule has 0 bridgehead atoms. The minimum Gasteiger partial charge on any atom is -0.460 e. The van der Waals surface area contributed by atoms with Gasteiger partial charge in [-0.05, 0) is 56.9 Å². The predicted molar refractivity (Wildman–Crippen MR) is 122 cm³/mol. The molecule has 1 saturated heterocycles. The van der Waals surface area contributed by atoms with E-state index in [0.29, 0.717) is 6.01 Å². The first-order chi connectivity index (χ1) is 16.3. The maximum atomic E-state index is 12.9. The molecule has 34 heavy (non-hydrogen) atoms. The molecule has 2 aliphatic rings. The quantitative estimate of drug-likeness (QED) is 0.549. The van der Waals surface area contributed by atoms with Gasteiger partial charge in [0.15, 0.2) is 0 Å². The van der Waals surface area contributed by atoms with E-state index >= 15 is 0 Å². The minimum absolute atomic E-state index is 0.0733. The molecule has 1 aromatic heterocycles. The standard InChI is InChI=1S/C24H31F3N4O3/c1-2-33-22(32)21-14-28-23(34-21)30-20-8-4-3-7-19(20)29-17-6-5-13-31(15-17)18-11-9-16(10-12-18)24(25,26)27/h9-12,14,17,19-20,29H,2-8,13,15H2,1H3,(H,28,30)/t17?,19-,20-/m1/s1. The third-order valence-corrected chi connectivity index (χ3v) is 6.49. The lowest BCUT2D eigenvalue weighted by atomic mass is 9.89. The molecule has 1 saturated carbocycles. The second-order valence-corrected chi connectivity index (χ2v) is 8.89. The van der Waals surface area contributed by atoms with Crippen LogP contribution < -0.4 is 15.5 Å². The minimum atomic E-state index is -4.33. The summed E-state index contributed by atoms with van der Waals surface area (Å²) in [6.07, 6.45) is 3.17. The molecule has 1 unspecified atom stereocenters. The number of nitrogens with zero attached hydrogens (tertiary/aromatic N) is 2. The van der Waals surface area contributed by atoms with Crippen molar-refractivity contribution in [3.8, 4) is 0 Å². The summed E-state index contributed by atoms with van der Waals surface area (Å²) >= 11 is 0. The Morgan fingerprint density at radius 2 is 1.88 bits per heavy atom. The van der Waals surface area contributed by atoms with Crippen LogP contribution in [-0.2, 0) is 10.9 Å². The lowest BCUT2D eigenvalue weighted by Gasteiger charge is -2.40. The van der Waals surface area contributed by atoms with Gasteiger partial charge in [0.25, 0.3) is 6.01 Å². The van der Waals surface area contributed by atoms with Crippen molar-refractivity contribution in [3.05, 3.63) is 41.8 Å². The van der Waals surface area contributed by atoms with Crippen molar-refractivity contribution in [2.75, 3.05) is 29.9 Å². The zero-order valence-corrected chi connectivity index (χ0v) is 19.2. The molecule has 186 valence electrons. The number of anilines is 2. The molecule has 2 heterocycles. The average Bonchev–Trinajstić information content (AvgIpc) is 3.29.